The van der Waals surface area contributed by atoms with Crippen LogP contribution in [0.25, 0.3) is 0 Å². The maximum atomic E-state index is 12.8. The Balaban J connectivity index is 3.55. The van der Waals surface area contributed by atoms with Crippen LogP contribution in [-0.4, -0.2) is 4.92 Å². The van der Waals surface area contributed by atoms with Gasteiger partial charge >= 0.3 is 5.69 Å². The number of halogens is 2. The van der Waals surface area contributed by atoms with Crippen LogP contribution < -0.4 is 0 Å². The van der Waals surface area contributed by atoms with E-state index in [0.29, 0.717) is 0 Å². The van der Waals surface area contributed by atoms with E-state index in [9.17, 15) is 14.5 Å². The Labute approximate surface area is 80.9 Å². The molecule has 66 valence electrons. The van der Waals surface area contributed by atoms with Crippen molar-refractivity contribution in [2.75, 3.05) is 0 Å². The van der Waals surface area contributed by atoms with Crippen molar-refractivity contribution in [1.29, 1.82) is 5.26 Å². The molecule has 0 bridgehead atoms. The molecule has 1 aromatic carbocycles. The Morgan fingerprint density at radius 3 is 2.62 bits per heavy atom. The predicted octanol–water partition coefficient (Wildman–Crippen LogP) is 2.37. The average molecular weight is 245 g/mol. The van der Waals surface area contributed by atoms with Crippen LogP contribution in [-0.2, 0) is 0 Å². The predicted molar refractivity (Wildman–Crippen MR) is 45.5 cm³/mol. The Hall–Kier alpha value is -1.48. The number of hydrogen-bond acceptors (Lipinski definition) is 3. The quantitative estimate of drug-likeness (QED) is 0.563. The monoisotopic (exact) mass is 244 g/mol. The lowest BCUT2D eigenvalue weighted by atomic mass is 10.2. The molecular weight excluding hydrogens is 243 g/mol. The van der Waals surface area contributed by atoms with Gasteiger partial charge in [0.1, 0.15) is 11.9 Å². The molecule has 0 saturated carbocycles. The van der Waals surface area contributed by atoms with Crippen LogP contribution in [0.2, 0.25) is 0 Å². The van der Waals surface area contributed by atoms with Gasteiger partial charge in [0.15, 0.2) is 5.56 Å². The van der Waals surface area contributed by atoms with E-state index in [1.54, 1.807) is 0 Å². The third-order valence-corrected chi connectivity index (χ3v) is 2.01. The number of rotatable bonds is 1. The van der Waals surface area contributed by atoms with Gasteiger partial charge in [0.2, 0.25) is 0 Å². The van der Waals surface area contributed by atoms with Crippen molar-refractivity contribution in [3.63, 3.8) is 0 Å². The summed E-state index contributed by atoms with van der Waals surface area (Å²) >= 11 is 2.86. The smallest absolute Gasteiger partial charge is 0.258 e. The van der Waals surface area contributed by atoms with Crippen molar-refractivity contribution in [1.82, 2.24) is 0 Å². The summed E-state index contributed by atoms with van der Waals surface area (Å²) in [4.78, 5) is 9.61. The first-order valence-corrected chi connectivity index (χ1v) is 3.89. The number of nitrogens with zero attached hydrogens (tertiary/aromatic N) is 2. The van der Waals surface area contributed by atoms with Gasteiger partial charge in [-0.05, 0) is 28.1 Å². The summed E-state index contributed by atoms with van der Waals surface area (Å²) in [7, 11) is 0. The maximum absolute atomic E-state index is 12.8. The Morgan fingerprint density at radius 2 is 2.23 bits per heavy atom. The van der Waals surface area contributed by atoms with Crippen LogP contribution in [0.3, 0.4) is 0 Å². The van der Waals surface area contributed by atoms with Gasteiger partial charge in [-0.3, -0.25) is 10.1 Å². The second-order valence-electron chi connectivity index (χ2n) is 2.12. The highest BCUT2D eigenvalue weighted by Crippen LogP contribution is 2.29. The van der Waals surface area contributed by atoms with Crippen molar-refractivity contribution in [2.45, 2.75) is 0 Å². The van der Waals surface area contributed by atoms with E-state index in [2.05, 4.69) is 15.9 Å². The lowest BCUT2D eigenvalue weighted by Gasteiger charge is -1.97. The second-order valence-corrected chi connectivity index (χ2v) is 2.98. The van der Waals surface area contributed by atoms with E-state index in [1.165, 1.54) is 12.1 Å². The molecule has 0 fully saturated rings. The molecule has 0 saturated heterocycles. The zero-order valence-corrected chi connectivity index (χ0v) is 7.71. The van der Waals surface area contributed by atoms with Crippen LogP contribution >= 0.6 is 15.9 Å². The summed E-state index contributed by atoms with van der Waals surface area (Å²) in [6.45, 7) is 0. The van der Waals surface area contributed by atoms with Gasteiger partial charge in [0, 0.05) is 0 Å². The summed E-state index contributed by atoms with van der Waals surface area (Å²) in [5, 5.41) is 18.9. The molecule has 0 atom stereocenters. The minimum absolute atomic E-state index is 0.0930. The lowest BCUT2D eigenvalue weighted by Crippen LogP contribution is -1.96. The number of nitro groups is 1. The fraction of sp³-hybridized carbons (Fsp3) is 0. The summed E-state index contributed by atoms with van der Waals surface area (Å²) in [6.07, 6.45) is 0. The first-order chi connectivity index (χ1) is 6.07. The zero-order valence-electron chi connectivity index (χ0n) is 6.12. The molecule has 4 nitrogen and oxygen atoms in total. The van der Waals surface area contributed by atoms with Gasteiger partial charge in [-0.2, -0.15) is 5.26 Å². The molecule has 0 aliphatic carbocycles. The van der Waals surface area contributed by atoms with Gasteiger partial charge < -0.3 is 0 Å². The number of benzene rings is 1. The van der Waals surface area contributed by atoms with E-state index < -0.39 is 22.0 Å². The third kappa shape index (κ3) is 1.65. The van der Waals surface area contributed by atoms with Crippen molar-refractivity contribution in [3.05, 3.63) is 38.1 Å². The number of nitriles is 1. The zero-order chi connectivity index (χ0) is 10.0. The molecule has 1 aromatic rings. The van der Waals surface area contributed by atoms with E-state index in [0.717, 1.165) is 6.07 Å². The minimum atomic E-state index is -0.891. The summed E-state index contributed by atoms with van der Waals surface area (Å²) < 4.78 is 12.9. The lowest BCUT2D eigenvalue weighted by molar-refractivity contribution is -0.386. The van der Waals surface area contributed by atoms with Crippen LogP contribution in [0.1, 0.15) is 5.56 Å². The molecule has 0 aliphatic heterocycles. The summed E-state index contributed by atoms with van der Waals surface area (Å²) in [5.41, 5.74) is -1.10. The van der Waals surface area contributed by atoms with Crippen molar-refractivity contribution < 1.29 is 9.31 Å². The second kappa shape index (κ2) is 3.49. The molecule has 0 heterocycles. The molecule has 13 heavy (non-hydrogen) atoms. The SMILES string of the molecule is N#Cc1c(F)ccc(Br)c1[N+](=O)[O-]. The van der Waals surface area contributed by atoms with Crippen molar-refractivity contribution in [3.8, 4) is 6.07 Å². The number of hydrogen-bond donors (Lipinski definition) is 0. The fourth-order valence-electron chi connectivity index (χ4n) is 0.826. The van der Waals surface area contributed by atoms with Gasteiger partial charge in [-0.25, -0.2) is 4.39 Å². The first-order valence-electron chi connectivity index (χ1n) is 3.10. The Bertz CT molecular complexity index is 414. The summed E-state index contributed by atoms with van der Waals surface area (Å²) in [6, 6.07) is 3.62. The fourth-order valence-corrected chi connectivity index (χ4v) is 1.30. The van der Waals surface area contributed by atoms with E-state index in [1.807, 2.05) is 0 Å². The van der Waals surface area contributed by atoms with Gasteiger partial charge in [0.25, 0.3) is 0 Å². The van der Waals surface area contributed by atoms with Crippen LogP contribution in [0.15, 0.2) is 16.6 Å². The molecule has 0 aromatic heterocycles. The highest BCUT2D eigenvalue weighted by molar-refractivity contribution is 9.10. The molecule has 0 spiro atoms. The molecule has 1 rings (SSSR count). The number of nitro benzene ring substituents is 1. The van der Waals surface area contributed by atoms with E-state index in [-0.39, 0.29) is 4.47 Å². The highest BCUT2D eigenvalue weighted by atomic mass is 79.9. The maximum Gasteiger partial charge on any atom is 0.304 e. The van der Waals surface area contributed by atoms with E-state index in [4.69, 9.17) is 5.26 Å². The van der Waals surface area contributed by atoms with Crippen LogP contribution in [0.4, 0.5) is 10.1 Å². The van der Waals surface area contributed by atoms with Gasteiger partial charge in [-0.1, -0.05) is 0 Å². The Kier molecular flexibility index (Phi) is 2.58. The third-order valence-electron chi connectivity index (χ3n) is 1.37. The minimum Gasteiger partial charge on any atom is -0.258 e. The molecular formula is C7H2BrFN2O2. The standard InChI is InChI=1S/C7H2BrFN2O2/c8-5-1-2-6(9)4(3-10)7(5)11(12)13/h1-2H. The van der Waals surface area contributed by atoms with Gasteiger partial charge in [0.05, 0.1) is 9.40 Å². The van der Waals surface area contributed by atoms with Crippen LogP contribution in [0.5, 0.6) is 0 Å². The van der Waals surface area contributed by atoms with Crippen LogP contribution in [0, 0.1) is 27.3 Å². The van der Waals surface area contributed by atoms with E-state index >= 15 is 0 Å². The largest absolute Gasteiger partial charge is 0.304 e. The molecule has 0 radical (unpaired) electrons. The van der Waals surface area contributed by atoms with Crippen molar-refractivity contribution >= 4 is 21.6 Å². The normalized spacial score (nSPS) is 9.31. The Morgan fingerprint density at radius 1 is 1.62 bits per heavy atom. The molecule has 0 amide bonds. The molecule has 0 N–H and O–H groups in total. The average Bonchev–Trinajstić information content (AvgIpc) is 2.07. The molecule has 6 heteroatoms. The first kappa shape index (κ1) is 9.61. The molecule has 0 aliphatic rings. The summed E-state index contributed by atoms with van der Waals surface area (Å²) in [5.74, 6) is -0.891. The molecule has 0 unspecified atom stereocenters. The highest BCUT2D eigenvalue weighted by Gasteiger charge is 2.21. The van der Waals surface area contributed by atoms with Crippen molar-refractivity contribution in [2.24, 2.45) is 0 Å². The topological polar surface area (TPSA) is 66.9 Å². The van der Waals surface area contributed by atoms with Gasteiger partial charge in [-0.15, -0.1) is 0 Å².